The molecule has 0 aliphatic heterocycles. The Morgan fingerprint density at radius 2 is 2.00 bits per heavy atom. The normalized spacial score (nSPS) is 25.8. The van der Waals surface area contributed by atoms with Gasteiger partial charge in [0.1, 0.15) is 13.5 Å². The molecule has 17 heavy (non-hydrogen) atoms. The molecule has 0 radical (unpaired) electrons. The van der Waals surface area contributed by atoms with Gasteiger partial charge in [-0.05, 0) is 38.0 Å². The quantitative estimate of drug-likeness (QED) is 0.535. The Labute approximate surface area is 107 Å². The Bertz CT molecular complexity index is 335. The van der Waals surface area contributed by atoms with Gasteiger partial charge in [0.05, 0.1) is 0 Å². The first-order valence-corrected chi connectivity index (χ1v) is 10.1. The summed E-state index contributed by atoms with van der Waals surface area (Å²) < 4.78 is 0. The fourth-order valence-corrected chi connectivity index (χ4v) is 3.26. The van der Waals surface area contributed by atoms with Gasteiger partial charge in [-0.25, -0.2) is 0 Å². The Morgan fingerprint density at radius 1 is 1.41 bits per heavy atom. The fourth-order valence-electron chi connectivity index (χ4n) is 2.40. The van der Waals surface area contributed by atoms with Crippen molar-refractivity contribution < 1.29 is 4.79 Å². The van der Waals surface area contributed by atoms with Crippen LogP contribution in [0.25, 0.3) is 0 Å². The summed E-state index contributed by atoms with van der Waals surface area (Å²) in [5, 5.41) is 0.492. The van der Waals surface area contributed by atoms with Crippen molar-refractivity contribution in [3.8, 4) is 0 Å². The molecule has 1 saturated carbocycles. The van der Waals surface area contributed by atoms with Crippen LogP contribution >= 0.6 is 0 Å². The van der Waals surface area contributed by atoms with Gasteiger partial charge < -0.3 is 4.79 Å². The minimum absolute atomic E-state index is 0.407. The Morgan fingerprint density at radius 3 is 2.47 bits per heavy atom. The third kappa shape index (κ3) is 3.95. The topological polar surface area (TPSA) is 17.1 Å². The molecular formula is C15H26OSi. The summed E-state index contributed by atoms with van der Waals surface area (Å²) in [6, 6.07) is 0. The molecule has 1 rings (SSSR count). The van der Waals surface area contributed by atoms with Gasteiger partial charge in [0.25, 0.3) is 0 Å². The summed E-state index contributed by atoms with van der Waals surface area (Å²) in [5.41, 5.74) is 2.55. The number of carbonyl (C=O) groups excluding carboxylic acids is 1. The average Bonchev–Trinajstić information content (AvgIpc) is 2.19. The highest BCUT2D eigenvalue weighted by Gasteiger charge is 2.31. The van der Waals surface area contributed by atoms with Crippen molar-refractivity contribution in [1.82, 2.24) is 0 Å². The van der Waals surface area contributed by atoms with E-state index >= 15 is 0 Å². The molecule has 1 aliphatic rings. The second-order valence-corrected chi connectivity index (χ2v) is 11.6. The maximum absolute atomic E-state index is 12.2. The van der Waals surface area contributed by atoms with Gasteiger partial charge in [0, 0.05) is 6.42 Å². The number of carbonyl (C=O) groups is 1. The largest absolute Gasteiger partial charge is 0.305 e. The van der Waals surface area contributed by atoms with Gasteiger partial charge in [0.15, 0.2) is 0 Å². The van der Waals surface area contributed by atoms with Gasteiger partial charge in [-0.1, -0.05) is 43.9 Å². The van der Waals surface area contributed by atoms with E-state index in [0.29, 0.717) is 17.2 Å². The lowest BCUT2D eigenvalue weighted by Crippen LogP contribution is -2.36. The second-order valence-electron chi connectivity index (χ2n) is 6.55. The van der Waals surface area contributed by atoms with Crippen LogP contribution in [0.15, 0.2) is 24.3 Å². The molecular weight excluding hydrogens is 224 g/mol. The molecule has 1 fully saturated rings. The predicted octanol–water partition coefficient (Wildman–Crippen LogP) is 4.37. The SMILES string of the molecule is C=C(C)[C@@H]1CCC(=C)[C@@H](CC(=O)[Si](C)(C)C)C1. The smallest absolute Gasteiger partial charge is 0.123 e. The average molecular weight is 250 g/mol. The van der Waals surface area contributed by atoms with Gasteiger partial charge in [-0.2, -0.15) is 0 Å². The molecule has 2 atom stereocenters. The van der Waals surface area contributed by atoms with E-state index < -0.39 is 8.07 Å². The van der Waals surface area contributed by atoms with Crippen molar-refractivity contribution in [3.05, 3.63) is 24.3 Å². The van der Waals surface area contributed by atoms with E-state index in [0.717, 1.165) is 19.3 Å². The molecule has 0 heterocycles. The van der Waals surface area contributed by atoms with E-state index in [1.165, 1.54) is 17.6 Å². The minimum atomic E-state index is -1.63. The van der Waals surface area contributed by atoms with Crippen molar-refractivity contribution >= 4 is 13.5 Å². The van der Waals surface area contributed by atoms with Crippen molar-refractivity contribution in [1.29, 1.82) is 0 Å². The molecule has 0 aromatic carbocycles. The third-order valence-electron chi connectivity index (χ3n) is 3.93. The van der Waals surface area contributed by atoms with Crippen LogP contribution in [-0.2, 0) is 4.79 Å². The van der Waals surface area contributed by atoms with E-state index in [-0.39, 0.29) is 0 Å². The monoisotopic (exact) mass is 250 g/mol. The van der Waals surface area contributed by atoms with Crippen LogP contribution < -0.4 is 0 Å². The van der Waals surface area contributed by atoms with Crippen LogP contribution in [0.2, 0.25) is 19.6 Å². The van der Waals surface area contributed by atoms with Crippen molar-refractivity contribution in [2.24, 2.45) is 11.8 Å². The highest BCUT2D eigenvalue weighted by Crippen LogP contribution is 2.38. The van der Waals surface area contributed by atoms with Gasteiger partial charge in [-0.3, -0.25) is 0 Å². The molecule has 1 aliphatic carbocycles. The molecule has 0 amide bonds. The number of hydrogen-bond acceptors (Lipinski definition) is 1. The van der Waals surface area contributed by atoms with E-state index in [2.05, 4.69) is 39.7 Å². The second kappa shape index (κ2) is 5.34. The van der Waals surface area contributed by atoms with Crippen molar-refractivity contribution in [3.63, 3.8) is 0 Å². The molecule has 0 aromatic heterocycles. The fraction of sp³-hybridized carbons (Fsp3) is 0.667. The molecule has 0 spiro atoms. The van der Waals surface area contributed by atoms with Crippen molar-refractivity contribution in [2.45, 2.75) is 52.2 Å². The van der Waals surface area contributed by atoms with Crippen LogP contribution in [0.1, 0.15) is 32.6 Å². The first-order chi connectivity index (χ1) is 7.71. The molecule has 96 valence electrons. The van der Waals surface area contributed by atoms with E-state index in [1.807, 2.05) is 0 Å². The Balaban J connectivity index is 2.66. The zero-order valence-corrected chi connectivity index (χ0v) is 12.8. The first kappa shape index (κ1) is 14.4. The lowest BCUT2D eigenvalue weighted by Gasteiger charge is -2.32. The molecule has 1 nitrogen and oxygen atoms in total. The number of rotatable bonds is 4. The zero-order chi connectivity index (χ0) is 13.2. The first-order valence-electron chi connectivity index (χ1n) is 6.58. The molecule has 0 saturated heterocycles. The summed E-state index contributed by atoms with van der Waals surface area (Å²) in [5.74, 6) is 1.00. The third-order valence-corrected chi connectivity index (χ3v) is 5.80. The Kier molecular flexibility index (Phi) is 4.53. The summed E-state index contributed by atoms with van der Waals surface area (Å²) in [6.07, 6.45) is 4.05. The molecule has 2 heteroatoms. The maximum Gasteiger partial charge on any atom is 0.123 e. The van der Waals surface area contributed by atoms with Crippen LogP contribution in [0.3, 0.4) is 0 Å². The summed E-state index contributed by atoms with van der Waals surface area (Å²) in [6.45, 7) is 16.7. The highest BCUT2D eigenvalue weighted by atomic mass is 28.3. The van der Waals surface area contributed by atoms with Crippen LogP contribution in [0.4, 0.5) is 0 Å². The molecule has 0 aromatic rings. The highest BCUT2D eigenvalue weighted by molar-refractivity contribution is 7.03. The van der Waals surface area contributed by atoms with Gasteiger partial charge in [0.2, 0.25) is 0 Å². The summed E-state index contributed by atoms with van der Waals surface area (Å²) >= 11 is 0. The zero-order valence-electron chi connectivity index (χ0n) is 11.8. The van der Waals surface area contributed by atoms with Crippen molar-refractivity contribution in [2.75, 3.05) is 0 Å². The van der Waals surface area contributed by atoms with Gasteiger partial charge >= 0.3 is 0 Å². The van der Waals surface area contributed by atoms with E-state index in [1.54, 1.807) is 0 Å². The summed E-state index contributed by atoms with van der Waals surface area (Å²) in [4.78, 5) is 12.2. The molecule has 0 bridgehead atoms. The summed E-state index contributed by atoms with van der Waals surface area (Å²) in [7, 11) is -1.63. The minimum Gasteiger partial charge on any atom is -0.305 e. The lowest BCUT2D eigenvalue weighted by molar-refractivity contribution is -0.113. The van der Waals surface area contributed by atoms with Gasteiger partial charge in [-0.15, -0.1) is 0 Å². The predicted molar refractivity (Wildman–Crippen MR) is 77.8 cm³/mol. The Hall–Kier alpha value is -0.633. The maximum atomic E-state index is 12.2. The van der Waals surface area contributed by atoms with E-state index in [4.69, 9.17) is 0 Å². The van der Waals surface area contributed by atoms with Crippen LogP contribution in [0, 0.1) is 11.8 Å². The number of hydrogen-bond donors (Lipinski definition) is 0. The molecule has 0 N–H and O–H groups in total. The van der Waals surface area contributed by atoms with Crippen LogP contribution in [-0.4, -0.2) is 13.5 Å². The number of allylic oxidation sites excluding steroid dienone is 2. The van der Waals surface area contributed by atoms with Crippen LogP contribution in [0.5, 0.6) is 0 Å². The molecule has 0 unspecified atom stereocenters. The van der Waals surface area contributed by atoms with E-state index in [9.17, 15) is 4.79 Å². The standard InChI is InChI=1S/C15H26OSi/c1-11(2)13-8-7-12(3)14(9-13)10-15(16)17(4,5)6/h13-14H,1,3,7-10H2,2,4-6H3/t13-,14-/m1/s1. The lowest BCUT2D eigenvalue weighted by atomic mass is 9.75.